The van der Waals surface area contributed by atoms with Crippen molar-refractivity contribution in [1.82, 2.24) is 5.32 Å². The zero-order valence-electron chi connectivity index (χ0n) is 14.3. The second-order valence-corrected chi connectivity index (χ2v) is 7.09. The molecule has 1 aliphatic rings. The molecule has 25 heavy (non-hydrogen) atoms. The molecular formula is C20H23ClN2OS. The monoisotopic (exact) mass is 374 g/mol. The molecule has 2 aromatic rings. The number of nitrogens with one attached hydrogen (secondary N) is 2. The number of para-hydroxylation sites is 2. The molecule has 3 rings (SSSR count). The lowest BCUT2D eigenvalue weighted by molar-refractivity contribution is 0.342. The SMILES string of the molecule is CCOc1ccccc1NC(=S)NC1(c2ccccc2Cl)CCCC1. The van der Waals surface area contributed by atoms with Crippen LogP contribution < -0.4 is 15.4 Å². The molecule has 0 heterocycles. The molecule has 0 atom stereocenters. The molecule has 3 nitrogen and oxygen atoms in total. The third-order valence-electron chi connectivity index (χ3n) is 4.63. The van der Waals surface area contributed by atoms with Gasteiger partial charge in [-0.25, -0.2) is 0 Å². The summed E-state index contributed by atoms with van der Waals surface area (Å²) in [5.41, 5.74) is 1.79. The van der Waals surface area contributed by atoms with Gasteiger partial charge in [0.1, 0.15) is 5.75 Å². The van der Waals surface area contributed by atoms with E-state index in [1.807, 2.05) is 49.4 Å². The van der Waals surface area contributed by atoms with Crippen molar-refractivity contribution in [3.05, 3.63) is 59.1 Å². The lowest BCUT2D eigenvalue weighted by atomic mass is 9.88. The lowest BCUT2D eigenvalue weighted by Gasteiger charge is -2.33. The number of halogens is 1. The molecule has 1 saturated carbocycles. The van der Waals surface area contributed by atoms with Crippen LogP contribution in [-0.4, -0.2) is 11.7 Å². The molecule has 0 unspecified atom stereocenters. The van der Waals surface area contributed by atoms with E-state index in [0.29, 0.717) is 11.7 Å². The van der Waals surface area contributed by atoms with E-state index in [4.69, 9.17) is 28.6 Å². The van der Waals surface area contributed by atoms with Crippen molar-refractivity contribution < 1.29 is 4.74 Å². The maximum absolute atomic E-state index is 6.48. The number of rotatable bonds is 5. The Labute approximate surface area is 159 Å². The van der Waals surface area contributed by atoms with Crippen LogP contribution >= 0.6 is 23.8 Å². The summed E-state index contributed by atoms with van der Waals surface area (Å²) in [6.45, 7) is 2.58. The first kappa shape index (κ1) is 18.0. The molecule has 2 aromatic carbocycles. The second-order valence-electron chi connectivity index (χ2n) is 6.28. The summed E-state index contributed by atoms with van der Waals surface area (Å²) in [6, 6.07) is 15.9. The summed E-state index contributed by atoms with van der Waals surface area (Å²) in [7, 11) is 0. The van der Waals surface area contributed by atoms with Gasteiger partial charge in [-0.2, -0.15) is 0 Å². The van der Waals surface area contributed by atoms with E-state index in [1.54, 1.807) is 0 Å². The van der Waals surface area contributed by atoms with E-state index in [-0.39, 0.29) is 5.54 Å². The summed E-state index contributed by atoms with van der Waals surface area (Å²) in [4.78, 5) is 0. The van der Waals surface area contributed by atoms with Crippen molar-refractivity contribution in [2.75, 3.05) is 11.9 Å². The minimum absolute atomic E-state index is 0.205. The highest BCUT2D eigenvalue weighted by Gasteiger charge is 2.37. The van der Waals surface area contributed by atoms with Crippen molar-refractivity contribution >= 4 is 34.6 Å². The van der Waals surface area contributed by atoms with Crippen molar-refractivity contribution in [3.8, 4) is 5.75 Å². The van der Waals surface area contributed by atoms with Gasteiger partial charge >= 0.3 is 0 Å². The molecule has 5 heteroatoms. The maximum atomic E-state index is 6.48. The van der Waals surface area contributed by atoms with Gasteiger partial charge < -0.3 is 15.4 Å². The number of hydrogen-bond acceptors (Lipinski definition) is 2. The molecule has 0 aliphatic heterocycles. The third-order valence-corrected chi connectivity index (χ3v) is 5.17. The van der Waals surface area contributed by atoms with E-state index in [9.17, 15) is 0 Å². The summed E-state index contributed by atoms with van der Waals surface area (Å²) >= 11 is 12.1. The zero-order valence-corrected chi connectivity index (χ0v) is 15.9. The van der Waals surface area contributed by atoms with Crippen LogP contribution in [0.1, 0.15) is 38.2 Å². The Hall–Kier alpha value is -1.78. The summed E-state index contributed by atoms with van der Waals surface area (Å²) in [6.07, 6.45) is 4.37. The lowest BCUT2D eigenvalue weighted by Crippen LogP contribution is -2.45. The average molecular weight is 375 g/mol. The highest BCUT2D eigenvalue weighted by Crippen LogP contribution is 2.41. The van der Waals surface area contributed by atoms with Crippen molar-refractivity contribution in [3.63, 3.8) is 0 Å². The summed E-state index contributed by atoms with van der Waals surface area (Å²) in [5, 5.41) is 8.21. The van der Waals surface area contributed by atoms with E-state index >= 15 is 0 Å². The summed E-state index contributed by atoms with van der Waals surface area (Å²) in [5.74, 6) is 0.798. The topological polar surface area (TPSA) is 33.3 Å². The summed E-state index contributed by atoms with van der Waals surface area (Å²) < 4.78 is 5.67. The molecule has 0 spiro atoms. The number of ether oxygens (including phenoxy) is 1. The van der Waals surface area contributed by atoms with Crippen molar-refractivity contribution in [2.45, 2.75) is 38.1 Å². The largest absolute Gasteiger partial charge is 0.492 e. The molecule has 0 bridgehead atoms. The van der Waals surface area contributed by atoms with Crippen LogP contribution in [0.2, 0.25) is 5.02 Å². The van der Waals surface area contributed by atoms with Crippen LogP contribution in [0.4, 0.5) is 5.69 Å². The fourth-order valence-corrected chi connectivity index (χ4v) is 4.13. The first-order valence-corrected chi connectivity index (χ1v) is 9.49. The van der Waals surface area contributed by atoms with Crippen LogP contribution in [0.5, 0.6) is 5.75 Å². The van der Waals surface area contributed by atoms with Gasteiger partial charge in [0.2, 0.25) is 0 Å². The van der Waals surface area contributed by atoms with Gasteiger partial charge in [0.15, 0.2) is 5.11 Å². The van der Waals surface area contributed by atoms with Crippen LogP contribution in [0, 0.1) is 0 Å². The first-order valence-electron chi connectivity index (χ1n) is 8.70. The molecule has 2 N–H and O–H groups in total. The standard InChI is InChI=1S/C20H23ClN2OS/c1-2-24-18-12-6-5-11-17(18)22-19(25)23-20(13-7-8-14-20)15-9-3-4-10-16(15)21/h3-6,9-12H,2,7-8,13-14H2,1H3,(H2,22,23,25). The highest BCUT2D eigenvalue weighted by atomic mass is 35.5. The molecule has 0 saturated heterocycles. The highest BCUT2D eigenvalue weighted by molar-refractivity contribution is 7.80. The smallest absolute Gasteiger partial charge is 0.171 e. The second kappa shape index (κ2) is 8.07. The predicted molar refractivity (Wildman–Crippen MR) is 109 cm³/mol. The van der Waals surface area contributed by atoms with Gasteiger partial charge in [-0.1, -0.05) is 54.8 Å². The van der Waals surface area contributed by atoms with Gasteiger partial charge in [-0.3, -0.25) is 0 Å². The molecular weight excluding hydrogens is 352 g/mol. The Bertz CT molecular complexity index is 744. The Morgan fingerprint density at radius 3 is 2.52 bits per heavy atom. The minimum Gasteiger partial charge on any atom is -0.492 e. The molecule has 1 aliphatic carbocycles. The molecule has 0 amide bonds. The van der Waals surface area contributed by atoms with E-state index in [2.05, 4.69) is 16.7 Å². The fraction of sp³-hybridized carbons (Fsp3) is 0.350. The zero-order chi connectivity index (χ0) is 17.7. The normalized spacial score (nSPS) is 15.6. The number of benzene rings is 2. The van der Waals surface area contributed by atoms with E-state index in [0.717, 1.165) is 47.7 Å². The molecule has 0 radical (unpaired) electrons. The Morgan fingerprint density at radius 1 is 1.12 bits per heavy atom. The van der Waals surface area contributed by atoms with Crippen LogP contribution in [0.15, 0.2) is 48.5 Å². The van der Waals surface area contributed by atoms with Gasteiger partial charge in [0.25, 0.3) is 0 Å². The first-order chi connectivity index (χ1) is 12.1. The Kier molecular flexibility index (Phi) is 5.82. The molecule has 132 valence electrons. The number of hydrogen-bond donors (Lipinski definition) is 2. The van der Waals surface area contributed by atoms with Gasteiger partial charge in [-0.15, -0.1) is 0 Å². The Morgan fingerprint density at radius 2 is 1.80 bits per heavy atom. The van der Waals surface area contributed by atoms with E-state index in [1.165, 1.54) is 0 Å². The minimum atomic E-state index is -0.205. The Balaban J connectivity index is 1.80. The van der Waals surface area contributed by atoms with Crippen molar-refractivity contribution in [1.29, 1.82) is 0 Å². The molecule has 0 aromatic heterocycles. The molecule has 1 fully saturated rings. The predicted octanol–water partition coefficient (Wildman–Crippen LogP) is 5.49. The van der Waals surface area contributed by atoms with Crippen molar-refractivity contribution in [2.24, 2.45) is 0 Å². The number of thiocarbonyl (C=S) groups is 1. The maximum Gasteiger partial charge on any atom is 0.171 e. The fourth-order valence-electron chi connectivity index (χ4n) is 3.51. The van der Waals surface area contributed by atoms with Gasteiger partial charge in [0, 0.05) is 5.02 Å². The van der Waals surface area contributed by atoms with Crippen LogP contribution in [-0.2, 0) is 5.54 Å². The van der Waals surface area contributed by atoms with Gasteiger partial charge in [-0.05, 0) is 55.7 Å². The van der Waals surface area contributed by atoms with Crippen LogP contribution in [0.3, 0.4) is 0 Å². The van der Waals surface area contributed by atoms with Gasteiger partial charge in [0.05, 0.1) is 17.8 Å². The van der Waals surface area contributed by atoms with E-state index < -0.39 is 0 Å². The average Bonchev–Trinajstić information content (AvgIpc) is 3.06. The quantitative estimate of drug-likeness (QED) is 0.677. The number of anilines is 1. The third kappa shape index (κ3) is 4.07. The van der Waals surface area contributed by atoms with Crippen LogP contribution in [0.25, 0.3) is 0 Å².